The number of amidine groups is 1. The molecule has 11 heavy (non-hydrogen) atoms. The summed E-state index contributed by atoms with van der Waals surface area (Å²) in [6, 6.07) is 0. The van der Waals surface area contributed by atoms with Gasteiger partial charge in [0.05, 0.1) is 0 Å². The summed E-state index contributed by atoms with van der Waals surface area (Å²) in [6.45, 7) is 2.19. The third kappa shape index (κ3) is 13.2. The molecule has 3 N–H and O–H groups in total. The van der Waals surface area contributed by atoms with Gasteiger partial charge in [-0.25, -0.2) is 0 Å². The molecule has 2 nitrogen and oxygen atoms in total. The maximum absolute atomic E-state index is 6.92. The van der Waals surface area contributed by atoms with Crippen molar-refractivity contribution in [1.29, 1.82) is 5.41 Å². The fourth-order valence-corrected chi connectivity index (χ4v) is 1.28. The zero-order chi connectivity index (χ0) is 7.82. The molecule has 0 aliphatic rings. The second kappa shape index (κ2) is 10.1. The van der Waals surface area contributed by atoms with Gasteiger partial charge in [0.2, 0.25) is 0 Å². The molecule has 0 unspecified atom stereocenters. The fraction of sp³-hybridized carbons (Fsp3) is 0.857. The summed E-state index contributed by atoms with van der Waals surface area (Å²) in [5.74, 6) is 1.01. The Kier molecular flexibility index (Phi) is 12.6. The van der Waals surface area contributed by atoms with Crippen LogP contribution in [-0.2, 0) is 0 Å². The van der Waals surface area contributed by atoms with Gasteiger partial charge in [-0.1, -0.05) is 37.9 Å². The Morgan fingerprint density at radius 3 is 2.45 bits per heavy atom. The van der Waals surface area contributed by atoms with E-state index in [1.54, 1.807) is 0 Å². The largest absolute Gasteiger partial charge is 0.379 e. The topological polar surface area (TPSA) is 49.9 Å². The zero-order valence-corrected chi connectivity index (χ0v) is 8.56. The molecule has 0 spiro atoms. The molecule has 4 heteroatoms. The van der Waals surface area contributed by atoms with Crippen LogP contribution in [0.5, 0.6) is 0 Å². The number of hydrogen-bond donors (Lipinski definition) is 2. The first-order chi connectivity index (χ1) is 4.77. The van der Waals surface area contributed by atoms with E-state index in [1.807, 2.05) is 0 Å². The molecule has 0 amide bonds. The molecule has 0 saturated carbocycles. The Balaban J connectivity index is 0. The highest BCUT2D eigenvalue weighted by atomic mass is 35.5. The first kappa shape index (κ1) is 13.7. The standard InChI is InChI=1S/C7H16N2S.ClH/c1-2-3-4-5-6-10-7(8)9;/h2-6H2,1H3,(H3,8,9);1H. The average molecular weight is 197 g/mol. The van der Waals surface area contributed by atoms with Crippen LogP contribution in [-0.4, -0.2) is 10.9 Å². The number of halogens is 1. The Labute approximate surface area is 79.2 Å². The molecule has 0 aromatic heterocycles. The zero-order valence-electron chi connectivity index (χ0n) is 6.93. The van der Waals surface area contributed by atoms with Crippen LogP contribution in [0.15, 0.2) is 0 Å². The molecule has 0 saturated heterocycles. The molecule has 0 aromatic carbocycles. The van der Waals surface area contributed by atoms with E-state index < -0.39 is 0 Å². The number of thioether (sulfide) groups is 1. The molecule has 0 fully saturated rings. The van der Waals surface area contributed by atoms with Gasteiger partial charge in [0, 0.05) is 5.75 Å². The van der Waals surface area contributed by atoms with Crippen molar-refractivity contribution in [1.82, 2.24) is 0 Å². The number of nitrogens with two attached hydrogens (primary N) is 1. The fourth-order valence-electron chi connectivity index (χ4n) is 0.711. The van der Waals surface area contributed by atoms with Crippen LogP contribution in [0.25, 0.3) is 0 Å². The van der Waals surface area contributed by atoms with E-state index in [0.29, 0.717) is 0 Å². The minimum Gasteiger partial charge on any atom is -0.379 e. The lowest BCUT2D eigenvalue weighted by Crippen LogP contribution is -2.04. The Morgan fingerprint density at radius 1 is 1.36 bits per heavy atom. The molecule has 0 atom stereocenters. The summed E-state index contributed by atoms with van der Waals surface area (Å²) in [7, 11) is 0. The molecule has 0 radical (unpaired) electrons. The molecule has 0 bridgehead atoms. The Morgan fingerprint density at radius 2 is 2.00 bits per heavy atom. The van der Waals surface area contributed by atoms with Gasteiger partial charge >= 0.3 is 0 Å². The summed E-state index contributed by atoms with van der Waals surface area (Å²) in [5, 5.41) is 7.16. The van der Waals surface area contributed by atoms with E-state index in [-0.39, 0.29) is 17.6 Å². The van der Waals surface area contributed by atoms with E-state index in [4.69, 9.17) is 11.1 Å². The van der Waals surface area contributed by atoms with Crippen molar-refractivity contribution in [3.05, 3.63) is 0 Å². The third-order valence-corrected chi connectivity index (χ3v) is 2.06. The van der Waals surface area contributed by atoms with Gasteiger partial charge in [-0.3, -0.25) is 5.41 Å². The van der Waals surface area contributed by atoms with E-state index in [1.165, 1.54) is 37.4 Å². The highest BCUT2D eigenvalue weighted by molar-refractivity contribution is 8.13. The number of hydrogen-bond acceptors (Lipinski definition) is 2. The minimum atomic E-state index is 0. The van der Waals surface area contributed by atoms with Crippen LogP contribution in [0.4, 0.5) is 0 Å². The maximum Gasteiger partial charge on any atom is 0.151 e. The van der Waals surface area contributed by atoms with E-state index in [2.05, 4.69) is 6.92 Å². The van der Waals surface area contributed by atoms with Gasteiger partial charge in [-0.15, -0.1) is 12.4 Å². The maximum atomic E-state index is 6.92. The molecule has 0 aliphatic heterocycles. The second-order valence-corrected chi connectivity index (χ2v) is 3.41. The van der Waals surface area contributed by atoms with Gasteiger partial charge in [0.25, 0.3) is 0 Å². The summed E-state index contributed by atoms with van der Waals surface area (Å²) < 4.78 is 0. The SMILES string of the molecule is CCCCCCSC(=N)N.Cl. The van der Waals surface area contributed by atoms with E-state index >= 15 is 0 Å². The first-order valence-electron chi connectivity index (χ1n) is 3.74. The lowest BCUT2D eigenvalue weighted by molar-refractivity contribution is 0.707. The van der Waals surface area contributed by atoms with Crippen LogP contribution >= 0.6 is 24.2 Å². The molecular weight excluding hydrogens is 180 g/mol. The van der Waals surface area contributed by atoms with Crippen molar-refractivity contribution in [2.75, 3.05) is 5.75 Å². The summed E-state index contributed by atoms with van der Waals surface area (Å²) >= 11 is 1.44. The predicted octanol–water partition coefficient (Wildman–Crippen LogP) is 2.62. The molecule has 0 aromatic rings. The first-order valence-corrected chi connectivity index (χ1v) is 4.72. The summed E-state index contributed by atoms with van der Waals surface area (Å²) in [5.41, 5.74) is 5.15. The Hall–Kier alpha value is 0.110. The van der Waals surface area contributed by atoms with E-state index in [9.17, 15) is 0 Å². The third-order valence-electron chi connectivity index (χ3n) is 1.26. The molecular formula is C7H17ClN2S. The average Bonchev–Trinajstić information content (AvgIpc) is 1.87. The predicted molar refractivity (Wildman–Crippen MR) is 55.8 cm³/mol. The lowest BCUT2D eigenvalue weighted by Gasteiger charge is -1.97. The van der Waals surface area contributed by atoms with Crippen molar-refractivity contribution in [2.24, 2.45) is 5.73 Å². The van der Waals surface area contributed by atoms with E-state index in [0.717, 1.165) is 5.75 Å². The summed E-state index contributed by atoms with van der Waals surface area (Å²) in [6.07, 6.45) is 5.04. The van der Waals surface area contributed by atoms with Gasteiger partial charge in [-0.2, -0.15) is 0 Å². The molecule has 0 heterocycles. The van der Waals surface area contributed by atoms with Crippen molar-refractivity contribution in [3.8, 4) is 0 Å². The van der Waals surface area contributed by atoms with Crippen molar-refractivity contribution in [2.45, 2.75) is 32.6 Å². The van der Waals surface area contributed by atoms with Gasteiger partial charge in [0.1, 0.15) is 0 Å². The smallest absolute Gasteiger partial charge is 0.151 e. The van der Waals surface area contributed by atoms with Crippen molar-refractivity contribution < 1.29 is 0 Å². The molecule has 68 valence electrons. The van der Waals surface area contributed by atoms with Crippen molar-refractivity contribution >= 4 is 29.3 Å². The monoisotopic (exact) mass is 196 g/mol. The van der Waals surface area contributed by atoms with Crippen LogP contribution in [0.1, 0.15) is 32.6 Å². The molecule has 0 rings (SSSR count). The highest BCUT2D eigenvalue weighted by Crippen LogP contribution is 2.05. The highest BCUT2D eigenvalue weighted by Gasteiger charge is 1.90. The quantitative estimate of drug-likeness (QED) is 0.404. The number of nitrogens with one attached hydrogen (secondary N) is 1. The van der Waals surface area contributed by atoms with Crippen molar-refractivity contribution in [3.63, 3.8) is 0 Å². The number of unbranched alkanes of at least 4 members (excludes halogenated alkanes) is 3. The van der Waals surface area contributed by atoms with Gasteiger partial charge in [-0.05, 0) is 6.42 Å². The van der Waals surface area contributed by atoms with Gasteiger partial charge < -0.3 is 5.73 Å². The Bertz CT molecular complexity index is 98.4. The van der Waals surface area contributed by atoms with Gasteiger partial charge in [0.15, 0.2) is 5.17 Å². The van der Waals surface area contributed by atoms with Crippen LogP contribution in [0.2, 0.25) is 0 Å². The summed E-state index contributed by atoms with van der Waals surface area (Å²) in [4.78, 5) is 0. The normalized spacial score (nSPS) is 8.82. The second-order valence-electron chi connectivity index (χ2n) is 2.27. The van der Waals surface area contributed by atoms with Crippen LogP contribution in [0, 0.1) is 5.41 Å². The van der Waals surface area contributed by atoms with Crippen LogP contribution < -0.4 is 5.73 Å². The minimum absolute atomic E-state index is 0. The lowest BCUT2D eigenvalue weighted by atomic mass is 10.2. The van der Waals surface area contributed by atoms with Crippen LogP contribution in [0.3, 0.4) is 0 Å². The molecule has 0 aliphatic carbocycles. The number of rotatable bonds is 5.